The number of halogens is 1. The largest absolute Gasteiger partial charge is 0.321 e. The summed E-state index contributed by atoms with van der Waals surface area (Å²) in [7, 11) is 0. The molecule has 0 aromatic carbocycles. The van der Waals surface area contributed by atoms with Gasteiger partial charge in [0.05, 0.1) is 0 Å². The molecule has 0 aromatic heterocycles. The van der Waals surface area contributed by atoms with E-state index in [-0.39, 0.29) is 12.4 Å². The van der Waals surface area contributed by atoms with E-state index in [2.05, 4.69) is 15.4 Å². The maximum Gasteiger partial charge on any atom is 0.161 e. The fraction of sp³-hybridized carbons (Fsp3) is 0. The van der Waals surface area contributed by atoms with Crippen LogP contribution in [0.4, 0.5) is 0 Å². The normalized spacial score (nSPS) is 20.7. The Balaban J connectivity index is 0.000000640. The van der Waals surface area contributed by atoms with E-state index in [9.17, 15) is 0 Å². The third-order valence-electron chi connectivity index (χ3n) is 0.671. The predicted molar refractivity (Wildman–Crippen MR) is 41.9 cm³/mol. The van der Waals surface area contributed by atoms with E-state index >= 15 is 0 Å². The van der Waals surface area contributed by atoms with Gasteiger partial charge < -0.3 is 5.84 Å². The highest BCUT2D eigenvalue weighted by Gasteiger charge is 1.94. The zero-order chi connectivity index (χ0) is 5.82. The van der Waals surface area contributed by atoms with Crippen molar-refractivity contribution in [2.45, 2.75) is 0 Å². The first-order valence-corrected chi connectivity index (χ1v) is 2.92. The molecule has 0 bridgehead atoms. The van der Waals surface area contributed by atoms with Crippen molar-refractivity contribution in [3.05, 3.63) is 11.5 Å². The van der Waals surface area contributed by atoms with Crippen LogP contribution in [0.5, 0.6) is 0 Å². The molecular weight excluding hydrogens is 160 g/mol. The summed E-state index contributed by atoms with van der Waals surface area (Å²) in [6.45, 7) is 0. The van der Waals surface area contributed by atoms with Crippen LogP contribution in [0.2, 0.25) is 0 Å². The molecule has 0 saturated carbocycles. The van der Waals surface area contributed by atoms with Crippen LogP contribution in [0.1, 0.15) is 0 Å². The molecule has 0 unspecified atom stereocenters. The number of nitrogens with zero attached hydrogens (tertiary/aromatic N) is 1. The van der Waals surface area contributed by atoms with Crippen LogP contribution >= 0.6 is 24.4 Å². The van der Waals surface area contributed by atoms with Crippen LogP contribution in [0, 0.1) is 0 Å². The Bertz CT molecular complexity index is 134. The molecule has 52 valence electrons. The third-order valence-corrected chi connectivity index (χ3v) is 1.16. The standard InChI is InChI=1S/C3H6N4S.ClH/c4-5-3-1-2-8-7-6-3;/h1-2,7H,4H2,(H,5,6);1H. The van der Waals surface area contributed by atoms with Crippen LogP contribution < -0.4 is 16.1 Å². The number of nitrogens with two attached hydrogens (primary N) is 1. The van der Waals surface area contributed by atoms with Crippen molar-refractivity contribution >= 4 is 30.2 Å². The van der Waals surface area contributed by atoms with Crippen molar-refractivity contribution in [3.8, 4) is 0 Å². The second kappa shape index (κ2) is 4.49. The van der Waals surface area contributed by atoms with Gasteiger partial charge >= 0.3 is 0 Å². The molecule has 0 atom stereocenters. The molecule has 0 fully saturated rings. The fourth-order valence-electron chi connectivity index (χ4n) is 0.331. The van der Waals surface area contributed by atoms with Crippen molar-refractivity contribution in [1.82, 2.24) is 10.3 Å². The number of rotatable bonds is 0. The predicted octanol–water partition coefficient (Wildman–Crippen LogP) is -0.0499. The Hall–Kier alpha value is -0.390. The highest BCUT2D eigenvalue weighted by atomic mass is 35.5. The molecule has 1 rings (SSSR count). The van der Waals surface area contributed by atoms with E-state index in [1.54, 1.807) is 6.08 Å². The Labute approximate surface area is 63.5 Å². The zero-order valence-corrected chi connectivity index (χ0v) is 6.13. The van der Waals surface area contributed by atoms with Gasteiger partial charge in [-0.05, 0) is 23.4 Å². The first-order chi connectivity index (χ1) is 3.93. The minimum absolute atomic E-state index is 0. The Morgan fingerprint density at radius 3 is 2.78 bits per heavy atom. The molecule has 0 aromatic rings. The maximum atomic E-state index is 4.93. The van der Waals surface area contributed by atoms with Gasteiger partial charge in [0.1, 0.15) is 0 Å². The number of hydrazone groups is 1. The Kier molecular flexibility index (Phi) is 4.29. The lowest BCUT2D eigenvalue weighted by Gasteiger charge is -2.07. The second-order valence-electron chi connectivity index (χ2n) is 1.16. The Morgan fingerprint density at radius 1 is 1.67 bits per heavy atom. The van der Waals surface area contributed by atoms with Crippen molar-refractivity contribution in [1.29, 1.82) is 0 Å². The molecular formula is C3H7ClN4S. The summed E-state index contributed by atoms with van der Waals surface area (Å²) in [5.74, 6) is 5.57. The first kappa shape index (κ1) is 8.61. The van der Waals surface area contributed by atoms with Crippen molar-refractivity contribution in [2.24, 2.45) is 10.9 Å². The monoisotopic (exact) mass is 166 g/mol. The van der Waals surface area contributed by atoms with Crippen molar-refractivity contribution < 1.29 is 0 Å². The van der Waals surface area contributed by atoms with Crippen molar-refractivity contribution in [3.63, 3.8) is 0 Å². The van der Waals surface area contributed by atoms with E-state index in [0.29, 0.717) is 5.84 Å². The highest BCUT2D eigenvalue weighted by molar-refractivity contribution is 8.00. The molecule has 6 heteroatoms. The van der Waals surface area contributed by atoms with Gasteiger partial charge in [-0.3, -0.25) is 5.43 Å². The molecule has 0 radical (unpaired) electrons. The molecule has 0 saturated heterocycles. The highest BCUT2D eigenvalue weighted by Crippen LogP contribution is 1.96. The zero-order valence-electron chi connectivity index (χ0n) is 4.50. The number of amidine groups is 1. The van der Waals surface area contributed by atoms with Crippen LogP contribution in [-0.2, 0) is 0 Å². The Morgan fingerprint density at radius 2 is 2.44 bits per heavy atom. The topological polar surface area (TPSA) is 62.4 Å². The summed E-state index contributed by atoms with van der Waals surface area (Å²) < 4.78 is 0. The van der Waals surface area contributed by atoms with E-state index in [4.69, 9.17) is 5.84 Å². The minimum Gasteiger partial charge on any atom is -0.321 e. The van der Waals surface area contributed by atoms with E-state index in [1.807, 2.05) is 5.41 Å². The van der Waals surface area contributed by atoms with Crippen molar-refractivity contribution in [2.75, 3.05) is 0 Å². The van der Waals surface area contributed by atoms with Crippen LogP contribution in [0.15, 0.2) is 16.6 Å². The molecule has 1 heterocycles. The van der Waals surface area contributed by atoms with Gasteiger partial charge in [-0.25, -0.2) is 0 Å². The van der Waals surface area contributed by atoms with Crippen LogP contribution in [0.3, 0.4) is 0 Å². The first-order valence-electron chi connectivity index (χ1n) is 2.04. The molecule has 9 heavy (non-hydrogen) atoms. The maximum absolute atomic E-state index is 4.93. The molecule has 0 amide bonds. The molecule has 0 aliphatic carbocycles. The fourth-order valence-corrected chi connectivity index (χ4v) is 0.760. The number of hydrazine groups is 1. The summed E-state index contributed by atoms with van der Waals surface area (Å²) in [6, 6.07) is 0. The molecule has 0 spiro atoms. The number of hydrogen-bond acceptors (Lipinski definition) is 4. The molecule has 1 aliphatic rings. The number of nitrogens with one attached hydrogen (secondary N) is 2. The average Bonchev–Trinajstić information content (AvgIpc) is 1.90. The van der Waals surface area contributed by atoms with Gasteiger partial charge in [-0.15, -0.1) is 12.4 Å². The summed E-state index contributed by atoms with van der Waals surface area (Å²) in [4.78, 5) is 2.75. The average molecular weight is 167 g/mol. The lowest BCUT2D eigenvalue weighted by molar-refractivity contribution is 0.918. The third kappa shape index (κ3) is 2.59. The summed E-state index contributed by atoms with van der Waals surface area (Å²) in [6.07, 6.45) is 1.78. The molecule has 4 nitrogen and oxygen atoms in total. The van der Waals surface area contributed by atoms with Crippen LogP contribution in [0.25, 0.3) is 0 Å². The quantitative estimate of drug-likeness (QED) is 0.268. The lowest BCUT2D eigenvalue weighted by atomic mass is 10.6. The van der Waals surface area contributed by atoms with E-state index in [0.717, 1.165) is 0 Å². The van der Waals surface area contributed by atoms with Gasteiger partial charge in [0.25, 0.3) is 0 Å². The van der Waals surface area contributed by atoms with E-state index in [1.165, 1.54) is 11.9 Å². The van der Waals surface area contributed by atoms with Gasteiger partial charge in [0.2, 0.25) is 0 Å². The van der Waals surface area contributed by atoms with Gasteiger partial charge in [0, 0.05) is 0 Å². The molecule has 1 aliphatic heterocycles. The van der Waals surface area contributed by atoms with Gasteiger partial charge in [0.15, 0.2) is 5.84 Å². The van der Waals surface area contributed by atoms with Crippen LogP contribution in [-0.4, -0.2) is 5.84 Å². The summed E-state index contributed by atoms with van der Waals surface area (Å²) >= 11 is 1.44. The second-order valence-corrected chi connectivity index (χ2v) is 1.87. The molecule has 4 N–H and O–H groups in total. The van der Waals surface area contributed by atoms with Gasteiger partial charge in [-0.1, -0.05) is 0 Å². The minimum atomic E-state index is 0. The van der Waals surface area contributed by atoms with E-state index < -0.39 is 0 Å². The number of hydrogen-bond donors (Lipinski definition) is 3. The lowest BCUT2D eigenvalue weighted by Crippen LogP contribution is -2.33. The summed E-state index contributed by atoms with van der Waals surface area (Å²) in [5.41, 5.74) is 2.72. The smallest absolute Gasteiger partial charge is 0.161 e. The van der Waals surface area contributed by atoms with Gasteiger partial charge in [-0.2, -0.15) is 9.93 Å². The summed E-state index contributed by atoms with van der Waals surface area (Å²) in [5, 5.41) is 5.24. The SMILES string of the molecule is Cl.NN=C1C=CSNN1.